The lowest BCUT2D eigenvalue weighted by Crippen LogP contribution is -2.59. The Kier molecular flexibility index (Phi) is 2.96. The molecule has 35 rings (SSSR count). The Labute approximate surface area is 442 Å². The van der Waals surface area contributed by atoms with Gasteiger partial charge in [0.15, 0.2) is 0 Å². The Bertz CT molecular complexity index is 7930. The molecule has 6 heteroatoms. The normalized spacial score (nSPS) is 21.0. The van der Waals surface area contributed by atoms with E-state index in [9.17, 15) is 10.1 Å². The molecule has 30 aromatic rings. The van der Waals surface area contributed by atoms with Crippen molar-refractivity contribution in [3.05, 3.63) is 86.5 Å². The number of hydrogen-bond acceptors (Lipinski definition) is 5. The number of hydrazone groups is 1. The Morgan fingerprint density at radius 1 is 0.333 bits per heavy atom. The predicted molar refractivity (Wildman–Crippen MR) is 337 cm³/mol. The standard InChI is InChI=1S/C75H14N4O2/c1-77(2)12-5-3-11(4-6-12)73-74-69-61-53-43-33-25-17-15-16-19-23-21(17)29-37-31(23)41-35-27(19)28-20(16)24-22-18(15)26(25)34-40-30(22)38-32(24)42-36(28)46-45(35)57-51(41)59-49(37)55(47(53)39(29)33)63(69)65(59)71-67(57)68-58(46)52(42)60-50(38)56-48(40)54(44(34)43)62(61)70(74)64(56)66(60)72(68)75(71,74)78(76-73)13-7-9-14(10-8-13)79(80)81/h3-10H,1-2H3. The van der Waals surface area contributed by atoms with Crippen LogP contribution in [0.2, 0.25) is 0 Å². The highest BCUT2D eigenvalue weighted by molar-refractivity contribution is 6.82. The van der Waals surface area contributed by atoms with Crippen molar-refractivity contribution in [1.29, 1.82) is 0 Å². The Hall–Kier alpha value is -10.4. The summed E-state index contributed by atoms with van der Waals surface area (Å²) in [5, 5.41) is 106. The van der Waals surface area contributed by atoms with E-state index in [0.29, 0.717) is 0 Å². The molecule has 0 radical (unpaired) electrons. The van der Waals surface area contributed by atoms with Crippen LogP contribution in [0.4, 0.5) is 17.1 Å². The van der Waals surface area contributed by atoms with Crippen LogP contribution in [-0.2, 0) is 11.0 Å². The zero-order chi connectivity index (χ0) is 49.5. The third-order valence-corrected chi connectivity index (χ3v) is 27.1. The second kappa shape index (κ2) is 7.52. The maximum Gasteiger partial charge on any atom is 0.269 e. The molecule has 2 spiro atoms. The highest BCUT2D eigenvalue weighted by atomic mass is 16.6. The quantitative estimate of drug-likeness (QED) is 0.100. The smallest absolute Gasteiger partial charge is 0.269 e. The average Bonchev–Trinajstić information content (AvgIpc) is 1.48. The molecule has 0 saturated carbocycles. The fourth-order valence-corrected chi connectivity index (χ4v) is 26.4. The van der Waals surface area contributed by atoms with Crippen molar-refractivity contribution >= 4 is 314 Å². The number of nitro groups is 1. The topological polar surface area (TPSA) is 62.0 Å². The summed E-state index contributed by atoms with van der Waals surface area (Å²) in [7, 11) is 4.29. The second-order valence-electron chi connectivity index (χ2n) is 28.2. The summed E-state index contributed by atoms with van der Waals surface area (Å²) < 4.78 is 0. The number of nitro benzene ring substituents is 1. The first-order valence-electron chi connectivity index (χ1n) is 29.2. The first-order chi connectivity index (χ1) is 40.0. The summed E-state index contributed by atoms with van der Waals surface area (Å²) in [5.74, 6) is 0. The summed E-state index contributed by atoms with van der Waals surface area (Å²) in [6.07, 6.45) is 0. The summed E-state index contributed by atoms with van der Waals surface area (Å²) in [5.41, 5.74) is 8.74. The molecule has 0 atom stereocenters. The third kappa shape index (κ3) is 1.85. The van der Waals surface area contributed by atoms with Gasteiger partial charge in [0.1, 0.15) is 11.0 Å². The Morgan fingerprint density at radius 3 is 0.802 bits per heavy atom. The molecule has 0 bridgehead atoms. The van der Waals surface area contributed by atoms with Crippen molar-refractivity contribution < 1.29 is 4.92 Å². The summed E-state index contributed by atoms with van der Waals surface area (Å²) in [4.78, 5) is 14.7. The predicted octanol–water partition coefficient (Wildman–Crippen LogP) is 19.2. The molecule has 1 aliphatic heterocycles. The van der Waals surface area contributed by atoms with Gasteiger partial charge in [-0.15, -0.1) is 0 Å². The molecule has 81 heavy (non-hydrogen) atoms. The van der Waals surface area contributed by atoms with E-state index in [-0.39, 0.29) is 10.6 Å². The number of benzene rings is 20. The van der Waals surface area contributed by atoms with Gasteiger partial charge in [-0.25, -0.2) is 5.01 Å². The van der Waals surface area contributed by atoms with Gasteiger partial charge >= 0.3 is 0 Å². The van der Waals surface area contributed by atoms with Crippen molar-refractivity contribution in [2.24, 2.45) is 5.10 Å². The van der Waals surface area contributed by atoms with Crippen LogP contribution in [0.3, 0.4) is 0 Å². The van der Waals surface area contributed by atoms with E-state index in [1.807, 2.05) is 0 Å². The molecular weight excluding hydrogens is 989 g/mol. The lowest BCUT2D eigenvalue weighted by molar-refractivity contribution is -0.384. The highest BCUT2D eigenvalue weighted by Gasteiger charge is 2.77. The first-order valence-corrected chi connectivity index (χ1v) is 29.2. The number of hydrogen-bond donors (Lipinski definition) is 0. The molecule has 0 aromatic heterocycles. The molecule has 1 heterocycles. The van der Waals surface area contributed by atoms with Gasteiger partial charge in [-0.3, -0.25) is 10.1 Å². The third-order valence-electron chi connectivity index (χ3n) is 27.1. The number of rotatable bonds is 4. The monoisotopic (exact) mass is 1000 g/mol. The van der Waals surface area contributed by atoms with E-state index < -0.39 is 11.0 Å². The molecule has 0 amide bonds. The van der Waals surface area contributed by atoms with Gasteiger partial charge in [0.05, 0.1) is 16.3 Å². The molecule has 30 aromatic carbocycles. The van der Waals surface area contributed by atoms with E-state index in [4.69, 9.17) is 5.10 Å². The summed E-state index contributed by atoms with van der Waals surface area (Å²) in [6, 6.07) is 17.1. The lowest BCUT2D eigenvalue weighted by atomic mass is 9.50. The van der Waals surface area contributed by atoms with E-state index >= 15 is 0 Å². The second-order valence-corrected chi connectivity index (χ2v) is 28.2. The highest BCUT2D eigenvalue weighted by Crippen LogP contribution is 2.86. The number of nitrogens with zero attached hydrogens (tertiary/aromatic N) is 4. The van der Waals surface area contributed by atoms with Crippen LogP contribution in [0.25, 0.3) is 291 Å². The van der Waals surface area contributed by atoms with E-state index in [0.717, 1.165) is 22.6 Å². The largest absolute Gasteiger partial charge is 0.378 e. The van der Waals surface area contributed by atoms with Crippen LogP contribution in [0.1, 0.15) is 27.8 Å². The Morgan fingerprint density at radius 2 is 0.568 bits per heavy atom. The van der Waals surface area contributed by atoms with Gasteiger partial charge in [0.25, 0.3) is 5.69 Å². The van der Waals surface area contributed by atoms with Crippen LogP contribution in [0.15, 0.2) is 53.6 Å². The van der Waals surface area contributed by atoms with Crippen molar-refractivity contribution in [1.82, 2.24) is 0 Å². The molecule has 0 N–H and O–H groups in total. The van der Waals surface area contributed by atoms with Crippen LogP contribution in [0.5, 0.6) is 0 Å². The zero-order valence-corrected chi connectivity index (χ0v) is 41.7. The number of anilines is 2. The fourth-order valence-electron chi connectivity index (χ4n) is 26.4. The van der Waals surface area contributed by atoms with Gasteiger partial charge in [0, 0.05) is 43.0 Å². The van der Waals surface area contributed by atoms with Crippen molar-refractivity contribution in [3.8, 4) is 0 Å². The lowest BCUT2D eigenvalue weighted by Gasteiger charge is -2.53. The molecule has 0 fully saturated rings. The van der Waals surface area contributed by atoms with Crippen LogP contribution < -0.4 is 9.91 Å². The first kappa shape index (κ1) is 31.8. The zero-order valence-electron chi connectivity index (χ0n) is 41.7. The minimum Gasteiger partial charge on any atom is -0.378 e. The van der Waals surface area contributed by atoms with E-state index in [2.05, 4.69) is 60.4 Å². The Balaban J connectivity index is 1.05. The molecule has 5 aliphatic rings. The molecule has 346 valence electrons. The van der Waals surface area contributed by atoms with Crippen molar-refractivity contribution in [2.45, 2.75) is 11.0 Å². The van der Waals surface area contributed by atoms with Gasteiger partial charge < -0.3 is 4.90 Å². The van der Waals surface area contributed by atoms with Gasteiger partial charge in [-0.1, -0.05) is 12.1 Å². The van der Waals surface area contributed by atoms with E-state index in [1.165, 1.54) is 108 Å². The van der Waals surface area contributed by atoms with Gasteiger partial charge in [-0.05, 0) is 332 Å². The molecular formula is C75H14N4O2. The molecule has 0 saturated heterocycles. The molecule has 4 aliphatic carbocycles. The maximum atomic E-state index is 12.7. The van der Waals surface area contributed by atoms with Gasteiger partial charge in [0.2, 0.25) is 0 Å². The van der Waals surface area contributed by atoms with E-state index in [1.54, 1.807) is 217 Å². The average molecular weight is 1000 g/mol. The fraction of sp³-hybridized carbons (Fsp3) is 0.0533. The summed E-state index contributed by atoms with van der Waals surface area (Å²) >= 11 is 0. The van der Waals surface area contributed by atoms with Crippen molar-refractivity contribution in [3.63, 3.8) is 0 Å². The molecule has 6 nitrogen and oxygen atoms in total. The summed E-state index contributed by atoms with van der Waals surface area (Å²) in [6.45, 7) is 0. The molecule has 0 unspecified atom stereocenters. The minimum absolute atomic E-state index is 0.106. The number of non-ortho nitro benzene ring substituents is 1. The van der Waals surface area contributed by atoms with Crippen LogP contribution in [-0.4, -0.2) is 24.7 Å². The van der Waals surface area contributed by atoms with Crippen LogP contribution in [0, 0.1) is 10.1 Å². The van der Waals surface area contributed by atoms with Crippen LogP contribution >= 0.6 is 0 Å². The van der Waals surface area contributed by atoms with Gasteiger partial charge in [-0.2, -0.15) is 5.10 Å². The minimum atomic E-state index is -0.885. The van der Waals surface area contributed by atoms with Crippen molar-refractivity contribution in [2.75, 3.05) is 24.0 Å². The SMILES string of the molecule is CN(C)c1ccc(C2=NN(c3ccc([N+](=O)[O-])cc3)C34c5c6c7c8c9c%10c(c%11c%12c3c3c5c5c%13c6c6c7c7c9c9c%14c%10c%10c%11c%11c%12c%12c3c3c5c5c%13c%13c6c6c7c9c7c9c%14c%10c%10c%11c%11c%12c3c3c5c5c%13c6c7c6c9c%10c%11c3c56)C284)cc1. The maximum absolute atomic E-state index is 12.7.